The molecule has 1 aromatic carbocycles. The monoisotopic (exact) mass is 646 g/mol. The number of amides is 1. The van der Waals surface area contributed by atoms with Crippen molar-refractivity contribution in [3.05, 3.63) is 46.5 Å². The van der Waals surface area contributed by atoms with Crippen LogP contribution in [0, 0.1) is 5.92 Å². The molecule has 0 aromatic heterocycles. The van der Waals surface area contributed by atoms with Crippen molar-refractivity contribution in [3.63, 3.8) is 0 Å². The Morgan fingerprint density at radius 1 is 1.32 bits per heavy atom. The van der Waals surface area contributed by atoms with E-state index in [0.717, 1.165) is 36.2 Å². The number of allylic oxidation sites excluding steroid dienone is 3. The zero-order chi connectivity index (χ0) is 27.0. The van der Waals surface area contributed by atoms with Gasteiger partial charge in [-0.1, -0.05) is 42.3 Å². The second kappa shape index (κ2) is 11.3. The van der Waals surface area contributed by atoms with Crippen LogP contribution in [0.2, 0.25) is 5.02 Å². The second-order valence-corrected chi connectivity index (χ2v) is 12.5. The molecule has 37 heavy (non-hydrogen) atoms. The summed E-state index contributed by atoms with van der Waals surface area (Å²) in [4.78, 5) is 14.7. The zero-order valence-electron chi connectivity index (χ0n) is 21.9. The van der Waals surface area contributed by atoms with Gasteiger partial charge in [0.2, 0.25) is 0 Å². The fourth-order valence-electron chi connectivity index (χ4n) is 5.26. The molecule has 0 radical (unpaired) electrons. The number of carbonyl (C=O) groups excluding carboxylic acids is 1. The Balaban J connectivity index is 1.68. The number of nitrogens with one attached hydrogen (secondary N) is 1. The molecule has 2 fully saturated rings. The third-order valence-electron chi connectivity index (χ3n) is 7.45. The normalized spacial score (nSPS) is 36.9. The number of halogens is 2. The molecule has 10 heteroatoms. The van der Waals surface area contributed by atoms with Gasteiger partial charge in [0.1, 0.15) is 16.9 Å². The number of nitrogens with zero attached hydrogens (tertiary/aromatic N) is 1. The number of anilines is 1. The maximum absolute atomic E-state index is 12.6. The van der Waals surface area contributed by atoms with Crippen molar-refractivity contribution in [2.75, 3.05) is 32.7 Å². The minimum atomic E-state index is -1.63. The van der Waals surface area contributed by atoms with Crippen molar-refractivity contribution >= 4 is 46.0 Å². The van der Waals surface area contributed by atoms with Gasteiger partial charge in [-0.3, -0.25) is 5.32 Å². The van der Waals surface area contributed by atoms with Crippen LogP contribution in [0.4, 0.5) is 10.5 Å². The summed E-state index contributed by atoms with van der Waals surface area (Å²) in [5, 5.41) is 14.7. The molecule has 1 amide bonds. The lowest BCUT2D eigenvalue weighted by Gasteiger charge is -2.46. The maximum atomic E-state index is 12.6. The third-order valence-corrected chi connectivity index (χ3v) is 9.42. The van der Waals surface area contributed by atoms with E-state index in [1.165, 1.54) is 7.11 Å². The Kier molecular flexibility index (Phi) is 8.69. The molecule has 204 valence electrons. The van der Waals surface area contributed by atoms with Gasteiger partial charge in [0, 0.05) is 33.0 Å². The summed E-state index contributed by atoms with van der Waals surface area (Å²) in [6.07, 6.45) is 6.73. The average molecular weight is 647 g/mol. The molecule has 8 nitrogen and oxygen atoms in total. The largest absolute Gasteiger partial charge is 0.495 e. The summed E-state index contributed by atoms with van der Waals surface area (Å²) >= 11 is 8.82. The highest BCUT2D eigenvalue weighted by Gasteiger charge is 2.59. The molecule has 0 spiro atoms. The molecule has 3 heterocycles. The van der Waals surface area contributed by atoms with Gasteiger partial charge >= 0.3 is 6.09 Å². The molecule has 2 N–H and O–H groups in total. The first-order valence-corrected chi connectivity index (χ1v) is 14.0. The average Bonchev–Trinajstić information content (AvgIpc) is 3.60. The van der Waals surface area contributed by atoms with Crippen LogP contribution in [0.5, 0.6) is 5.75 Å². The molecule has 0 aliphatic carbocycles. The Morgan fingerprint density at radius 3 is 2.78 bits per heavy atom. The van der Waals surface area contributed by atoms with E-state index in [2.05, 4.69) is 38.9 Å². The van der Waals surface area contributed by atoms with E-state index in [1.54, 1.807) is 13.2 Å². The highest BCUT2D eigenvalue weighted by molar-refractivity contribution is 14.1. The summed E-state index contributed by atoms with van der Waals surface area (Å²) in [5.74, 6) is 0.515. The van der Waals surface area contributed by atoms with E-state index in [-0.39, 0.29) is 24.5 Å². The number of aliphatic hydroxyl groups is 1. The van der Waals surface area contributed by atoms with Crippen LogP contribution in [0.25, 0.3) is 0 Å². The molecule has 3 aliphatic rings. The molecule has 4 bridgehead atoms. The van der Waals surface area contributed by atoms with Gasteiger partial charge in [-0.25, -0.2) is 4.79 Å². The molecule has 6 atom stereocenters. The Bertz CT molecular complexity index is 1080. The molecular weight excluding hydrogens is 611 g/mol. The maximum Gasteiger partial charge on any atom is 0.410 e. The lowest BCUT2D eigenvalue weighted by atomic mass is 9.87. The predicted molar refractivity (Wildman–Crippen MR) is 152 cm³/mol. The number of methoxy groups -OCH3 is 2. The van der Waals surface area contributed by atoms with Crippen molar-refractivity contribution in [3.8, 4) is 5.75 Å². The minimum Gasteiger partial charge on any atom is -0.495 e. The van der Waals surface area contributed by atoms with Crippen molar-refractivity contribution in [1.82, 2.24) is 5.32 Å². The van der Waals surface area contributed by atoms with Crippen molar-refractivity contribution < 1.29 is 28.8 Å². The number of alkyl carbamates (subject to hydrolysis) is 1. The third kappa shape index (κ3) is 6.21. The van der Waals surface area contributed by atoms with Crippen LogP contribution in [0.3, 0.4) is 0 Å². The van der Waals surface area contributed by atoms with Gasteiger partial charge in [0.15, 0.2) is 9.33 Å². The van der Waals surface area contributed by atoms with Gasteiger partial charge in [0.05, 0.1) is 25.0 Å². The first-order chi connectivity index (χ1) is 17.5. The van der Waals surface area contributed by atoms with Crippen LogP contribution in [0.1, 0.15) is 38.7 Å². The van der Waals surface area contributed by atoms with E-state index in [0.29, 0.717) is 17.2 Å². The van der Waals surface area contributed by atoms with Gasteiger partial charge in [-0.15, -0.1) is 0 Å². The van der Waals surface area contributed by atoms with Gasteiger partial charge in [-0.05, 0) is 66.5 Å². The van der Waals surface area contributed by atoms with Crippen molar-refractivity contribution in [2.45, 2.75) is 67.2 Å². The second-order valence-electron chi connectivity index (χ2n) is 10.3. The number of hydrogen-bond acceptors (Lipinski definition) is 7. The number of fused-ring (bicyclic) bond motifs is 5. The Hall–Kier alpha value is -1.53. The van der Waals surface area contributed by atoms with Crippen LogP contribution in [-0.4, -0.2) is 66.7 Å². The molecule has 0 unspecified atom stereocenters. The lowest BCUT2D eigenvalue weighted by molar-refractivity contribution is -0.147. The molecular formula is C27H36ClIN2O6. The number of hydrogen-bond donors (Lipinski definition) is 2. The first-order valence-electron chi connectivity index (χ1n) is 12.5. The van der Waals surface area contributed by atoms with Crippen molar-refractivity contribution in [1.29, 1.82) is 0 Å². The van der Waals surface area contributed by atoms with E-state index >= 15 is 0 Å². The van der Waals surface area contributed by atoms with Gasteiger partial charge < -0.3 is 29.0 Å². The van der Waals surface area contributed by atoms with E-state index in [9.17, 15) is 9.90 Å². The predicted octanol–water partition coefficient (Wildman–Crippen LogP) is 4.99. The number of carbonyl (C=O) groups is 1. The topological polar surface area (TPSA) is 92.8 Å². The number of benzene rings is 1. The van der Waals surface area contributed by atoms with Crippen LogP contribution < -0.4 is 15.0 Å². The SMILES string of the molecule is COc1cc2cc(c1Cl)N(C)CCC[C@@H]1O[C@H]1[C@H](C)[C@@]1(I)C[C@@](O)(NC(=O)O1)[C@H](OC)/C=C/C=C(\C)C2. The molecule has 2 saturated heterocycles. The van der Waals surface area contributed by atoms with Gasteiger partial charge in [0.25, 0.3) is 0 Å². The van der Waals surface area contributed by atoms with Crippen LogP contribution in [-0.2, 0) is 20.6 Å². The number of epoxide rings is 1. The lowest BCUT2D eigenvalue weighted by Crippen LogP contribution is -2.66. The van der Waals surface area contributed by atoms with E-state index in [1.807, 2.05) is 39.1 Å². The molecule has 0 saturated carbocycles. The highest BCUT2D eigenvalue weighted by atomic mass is 127. The smallest absolute Gasteiger partial charge is 0.410 e. The summed E-state index contributed by atoms with van der Waals surface area (Å²) < 4.78 is 22.0. The van der Waals surface area contributed by atoms with Crippen molar-refractivity contribution in [2.24, 2.45) is 5.92 Å². The Labute approximate surface area is 237 Å². The number of ether oxygens (including phenoxy) is 4. The van der Waals surface area contributed by atoms with E-state index < -0.39 is 21.5 Å². The summed E-state index contributed by atoms with van der Waals surface area (Å²) in [7, 11) is 5.17. The zero-order valence-corrected chi connectivity index (χ0v) is 24.8. The summed E-state index contributed by atoms with van der Waals surface area (Å²) in [6.45, 7) is 4.84. The van der Waals surface area contributed by atoms with Crippen LogP contribution in [0.15, 0.2) is 35.9 Å². The van der Waals surface area contributed by atoms with Gasteiger partial charge in [-0.2, -0.15) is 0 Å². The van der Waals surface area contributed by atoms with E-state index in [4.69, 9.17) is 30.5 Å². The molecule has 3 aliphatic heterocycles. The summed E-state index contributed by atoms with van der Waals surface area (Å²) in [6, 6.07) is 4.07. The highest BCUT2D eigenvalue weighted by Crippen LogP contribution is 2.48. The summed E-state index contributed by atoms with van der Waals surface area (Å²) in [5.41, 5.74) is 1.47. The Morgan fingerprint density at radius 2 is 2.08 bits per heavy atom. The fourth-order valence-corrected chi connectivity index (χ4v) is 6.72. The molecule has 4 rings (SSSR count). The fraction of sp³-hybridized carbons (Fsp3) is 0.593. The van der Waals surface area contributed by atoms with Crippen LogP contribution >= 0.6 is 34.2 Å². The first kappa shape index (κ1) is 28.5. The number of alkyl halides is 1. The standard InChI is InChI=1S/C27H36ClIN2O6/c1-16-8-6-10-22(35-5)27(33)15-26(29,37-25(32)30-27)17(2)24-20(36-24)9-7-11-31(3)19-13-18(12-16)14-21(34-4)23(19)28/h6,8,10,13-14,17,20,22,24,33H,7,9,11-12,15H2,1-5H3,(H,30,32)/b10-6+,16-8+/t17-,20-,22+,24-,26+,27-/m0/s1. The molecule has 1 aromatic rings. The quantitative estimate of drug-likeness (QED) is 0.266. The number of rotatable bonds is 2. The minimum absolute atomic E-state index is 0.0615.